The first kappa shape index (κ1) is 15.5. The molecule has 1 rings (SSSR count). The summed E-state index contributed by atoms with van der Waals surface area (Å²) in [7, 11) is 1.41. The van der Waals surface area contributed by atoms with Crippen LogP contribution in [0.25, 0.3) is 0 Å². The third kappa shape index (κ3) is 6.85. The lowest BCUT2D eigenvalue weighted by molar-refractivity contribution is -0.140. The van der Waals surface area contributed by atoms with Crippen LogP contribution in [-0.4, -0.2) is 19.7 Å². The van der Waals surface area contributed by atoms with E-state index in [1.165, 1.54) is 13.5 Å². The van der Waals surface area contributed by atoms with Gasteiger partial charge < -0.3 is 9.47 Å². The highest BCUT2D eigenvalue weighted by Crippen LogP contribution is 2.14. The first-order valence-corrected chi connectivity index (χ1v) is 6.90. The molecule has 0 aliphatic carbocycles. The highest BCUT2D eigenvalue weighted by Gasteiger charge is 2.02. The van der Waals surface area contributed by atoms with Crippen molar-refractivity contribution in [1.82, 2.24) is 0 Å². The fourth-order valence-corrected chi connectivity index (χ4v) is 1.78. The number of carbonyl (C=O) groups is 1. The van der Waals surface area contributed by atoms with Gasteiger partial charge in [0.2, 0.25) is 0 Å². The molecule has 3 heteroatoms. The maximum absolute atomic E-state index is 11.0. The van der Waals surface area contributed by atoms with E-state index in [2.05, 4.69) is 18.6 Å². The van der Waals surface area contributed by atoms with Crippen LogP contribution in [0.3, 0.4) is 0 Å². The summed E-state index contributed by atoms with van der Waals surface area (Å²) in [4.78, 5) is 11.0. The Bertz CT molecular complexity index is 368. The van der Waals surface area contributed by atoms with Gasteiger partial charge in [0, 0.05) is 6.42 Å². The summed E-state index contributed by atoms with van der Waals surface area (Å²) in [6.45, 7) is 5.20. The summed E-state index contributed by atoms with van der Waals surface area (Å²) in [5, 5.41) is 0. The molecule has 0 heterocycles. The minimum Gasteiger partial charge on any atom is -0.494 e. The summed E-state index contributed by atoms with van der Waals surface area (Å²) in [6.07, 6.45) is 3.41. The van der Waals surface area contributed by atoms with Gasteiger partial charge in [-0.05, 0) is 42.9 Å². The zero-order valence-corrected chi connectivity index (χ0v) is 12.1. The molecule has 0 radical (unpaired) electrons. The van der Waals surface area contributed by atoms with Crippen LogP contribution in [0.1, 0.15) is 38.7 Å². The van der Waals surface area contributed by atoms with E-state index in [0.29, 0.717) is 12.8 Å². The van der Waals surface area contributed by atoms with E-state index in [0.717, 1.165) is 30.3 Å². The lowest BCUT2D eigenvalue weighted by Crippen LogP contribution is -2.02. The molecule has 0 fully saturated rings. The Labute approximate surface area is 115 Å². The van der Waals surface area contributed by atoms with Crippen molar-refractivity contribution in [3.05, 3.63) is 29.8 Å². The van der Waals surface area contributed by atoms with Crippen LogP contribution in [0.15, 0.2) is 24.3 Å². The zero-order chi connectivity index (χ0) is 14.1. The van der Waals surface area contributed by atoms with E-state index in [4.69, 9.17) is 4.74 Å². The maximum atomic E-state index is 11.0. The van der Waals surface area contributed by atoms with Crippen LogP contribution in [0, 0.1) is 5.92 Å². The van der Waals surface area contributed by atoms with Crippen molar-refractivity contribution in [2.75, 3.05) is 13.7 Å². The maximum Gasteiger partial charge on any atom is 0.305 e. The molecule has 0 atom stereocenters. The highest BCUT2D eigenvalue weighted by molar-refractivity contribution is 5.69. The van der Waals surface area contributed by atoms with Crippen LogP contribution in [0.2, 0.25) is 0 Å². The summed E-state index contributed by atoms with van der Waals surface area (Å²) in [5.74, 6) is 1.45. The molecule has 0 aliphatic rings. The van der Waals surface area contributed by atoms with Gasteiger partial charge in [-0.1, -0.05) is 26.0 Å². The van der Waals surface area contributed by atoms with E-state index >= 15 is 0 Å². The zero-order valence-electron chi connectivity index (χ0n) is 12.1. The molecular formula is C16H24O3. The number of hydrogen-bond acceptors (Lipinski definition) is 3. The van der Waals surface area contributed by atoms with Gasteiger partial charge in [-0.3, -0.25) is 4.79 Å². The third-order valence-electron chi connectivity index (χ3n) is 2.96. The molecule has 3 nitrogen and oxygen atoms in total. The van der Waals surface area contributed by atoms with Gasteiger partial charge in [-0.15, -0.1) is 0 Å². The minimum atomic E-state index is -0.172. The molecule has 0 spiro atoms. The second-order valence-electron chi connectivity index (χ2n) is 5.10. The van der Waals surface area contributed by atoms with Gasteiger partial charge >= 0.3 is 5.97 Å². The van der Waals surface area contributed by atoms with Crippen molar-refractivity contribution in [2.24, 2.45) is 5.92 Å². The number of hydrogen-bond donors (Lipinski definition) is 0. The van der Waals surface area contributed by atoms with Crippen LogP contribution in [0.5, 0.6) is 5.75 Å². The van der Waals surface area contributed by atoms with Gasteiger partial charge in [0.15, 0.2) is 0 Å². The molecule has 0 bridgehead atoms. The monoisotopic (exact) mass is 264 g/mol. The second kappa shape index (κ2) is 8.57. The molecule has 0 amide bonds. The number of esters is 1. The molecule has 1 aromatic carbocycles. The lowest BCUT2D eigenvalue weighted by Gasteiger charge is -2.08. The fraction of sp³-hybridized carbons (Fsp3) is 0.562. The molecule has 0 saturated heterocycles. The molecular weight excluding hydrogens is 240 g/mol. The number of rotatable bonds is 8. The summed E-state index contributed by atoms with van der Waals surface area (Å²) < 4.78 is 10.3. The Morgan fingerprint density at radius 1 is 1.21 bits per heavy atom. The number of ether oxygens (including phenoxy) is 2. The summed E-state index contributed by atoms with van der Waals surface area (Å²) in [5.41, 5.74) is 1.12. The predicted molar refractivity (Wildman–Crippen MR) is 76.3 cm³/mol. The predicted octanol–water partition coefficient (Wildman–Crippen LogP) is 3.61. The normalized spacial score (nSPS) is 10.5. The highest BCUT2D eigenvalue weighted by atomic mass is 16.5. The van der Waals surface area contributed by atoms with Crippen molar-refractivity contribution in [3.63, 3.8) is 0 Å². The topological polar surface area (TPSA) is 35.5 Å². The summed E-state index contributed by atoms with van der Waals surface area (Å²) >= 11 is 0. The van der Waals surface area contributed by atoms with E-state index < -0.39 is 0 Å². The van der Waals surface area contributed by atoms with Gasteiger partial charge in [0.25, 0.3) is 0 Å². The molecule has 0 unspecified atom stereocenters. The fourth-order valence-electron chi connectivity index (χ4n) is 1.78. The molecule has 19 heavy (non-hydrogen) atoms. The van der Waals surface area contributed by atoms with E-state index in [1.54, 1.807) is 0 Å². The van der Waals surface area contributed by atoms with Crippen molar-refractivity contribution in [1.29, 1.82) is 0 Å². The molecule has 0 aromatic heterocycles. The Morgan fingerprint density at radius 3 is 2.47 bits per heavy atom. The SMILES string of the molecule is COC(=O)CCc1ccc(OCCCC(C)C)cc1. The quantitative estimate of drug-likeness (QED) is 0.531. The number of carbonyl (C=O) groups excluding carboxylic acids is 1. The standard InChI is InChI=1S/C16H24O3/c1-13(2)5-4-12-19-15-9-6-14(7-10-15)8-11-16(17)18-3/h6-7,9-10,13H,4-5,8,11-12H2,1-3H3. The molecule has 1 aromatic rings. The van der Waals surface area contributed by atoms with Crippen LogP contribution >= 0.6 is 0 Å². The van der Waals surface area contributed by atoms with Gasteiger partial charge in [0.05, 0.1) is 13.7 Å². The second-order valence-corrected chi connectivity index (χ2v) is 5.10. The average molecular weight is 264 g/mol. The molecule has 0 saturated carbocycles. The lowest BCUT2D eigenvalue weighted by atomic mass is 10.1. The van der Waals surface area contributed by atoms with Crippen molar-refractivity contribution in [3.8, 4) is 5.75 Å². The smallest absolute Gasteiger partial charge is 0.305 e. The average Bonchev–Trinajstić information content (AvgIpc) is 2.42. The van der Waals surface area contributed by atoms with E-state index in [1.807, 2.05) is 24.3 Å². The van der Waals surface area contributed by atoms with E-state index in [9.17, 15) is 4.79 Å². The number of methoxy groups -OCH3 is 1. The molecule has 0 N–H and O–H groups in total. The minimum absolute atomic E-state index is 0.172. The first-order chi connectivity index (χ1) is 9.11. The Morgan fingerprint density at radius 2 is 1.89 bits per heavy atom. The van der Waals surface area contributed by atoms with Gasteiger partial charge in [0.1, 0.15) is 5.75 Å². The van der Waals surface area contributed by atoms with Crippen molar-refractivity contribution >= 4 is 5.97 Å². The molecule has 106 valence electrons. The Kier molecular flexibility index (Phi) is 7.01. The van der Waals surface area contributed by atoms with Crippen LogP contribution in [-0.2, 0) is 16.0 Å². The Balaban J connectivity index is 2.29. The number of aryl methyl sites for hydroxylation is 1. The first-order valence-electron chi connectivity index (χ1n) is 6.90. The van der Waals surface area contributed by atoms with Crippen molar-refractivity contribution < 1.29 is 14.3 Å². The van der Waals surface area contributed by atoms with Crippen LogP contribution in [0.4, 0.5) is 0 Å². The third-order valence-corrected chi connectivity index (χ3v) is 2.96. The Hall–Kier alpha value is -1.51. The van der Waals surface area contributed by atoms with Crippen molar-refractivity contribution in [2.45, 2.75) is 39.5 Å². The largest absolute Gasteiger partial charge is 0.494 e. The van der Waals surface area contributed by atoms with Gasteiger partial charge in [-0.2, -0.15) is 0 Å². The van der Waals surface area contributed by atoms with Gasteiger partial charge in [-0.25, -0.2) is 0 Å². The number of benzene rings is 1. The molecule has 0 aliphatic heterocycles. The van der Waals surface area contributed by atoms with Crippen LogP contribution < -0.4 is 4.74 Å². The van der Waals surface area contributed by atoms with E-state index in [-0.39, 0.29) is 5.97 Å². The summed E-state index contributed by atoms with van der Waals surface area (Å²) in [6, 6.07) is 7.92.